The molecule has 1 aromatic carbocycles. The molecule has 2 heterocycles. The Morgan fingerprint density at radius 3 is 2.48 bits per heavy atom. The van der Waals surface area contributed by atoms with Crippen LogP contribution in [0.3, 0.4) is 0 Å². The van der Waals surface area contributed by atoms with Gasteiger partial charge in [-0.1, -0.05) is 29.8 Å². The molecule has 0 radical (unpaired) electrons. The summed E-state index contributed by atoms with van der Waals surface area (Å²) in [5.41, 5.74) is 1.21. The second-order valence-electron chi connectivity index (χ2n) is 4.67. The molecule has 0 unspecified atom stereocenters. The highest BCUT2D eigenvalue weighted by atomic mass is 35.5. The second-order valence-corrected chi connectivity index (χ2v) is 5.06. The molecular weight excluding hydrogens is 290 g/mol. The summed E-state index contributed by atoms with van der Waals surface area (Å²) in [4.78, 5) is 31.6. The summed E-state index contributed by atoms with van der Waals surface area (Å²) < 4.78 is 0. The number of para-hydroxylation sites is 1. The molecule has 0 atom stereocenters. The highest BCUT2D eigenvalue weighted by Crippen LogP contribution is 2.36. The number of fused-ring (bicyclic) bond motifs is 1. The van der Waals surface area contributed by atoms with E-state index in [0.717, 1.165) is 0 Å². The van der Waals surface area contributed by atoms with Crippen LogP contribution >= 0.6 is 11.6 Å². The fourth-order valence-electron chi connectivity index (χ4n) is 2.27. The number of hydrogen-bond donors (Lipinski definition) is 0. The van der Waals surface area contributed by atoms with Crippen LogP contribution < -0.4 is 9.80 Å². The lowest BCUT2D eigenvalue weighted by molar-refractivity contribution is -0.125. The monoisotopic (exact) mass is 301 g/mol. The zero-order valence-electron chi connectivity index (χ0n) is 11.3. The van der Waals surface area contributed by atoms with Crippen LogP contribution in [0.5, 0.6) is 0 Å². The van der Waals surface area contributed by atoms with Crippen molar-refractivity contribution in [1.29, 1.82) is 0 Å². The third kappa shape index (κ3) is 2.36. The predicted molar refractivity (Wildman–Crippen MR) is 80.9 cm³/mol. The first-order valence-corrected chi connectivity index (χ1v) is 6.77. The molecule has 5 nitrogen and oxygen atoms in total. The van der Waals surface area contributed by atoms with Crippen LogP contribution in [-0.4, -0.2) is 23.8 Å². The van der Waals surface area contributed by atoms with Crippen LogP contribution in [0.4, 0.5) is 17.2 Å². The molecule has 0 N–H and O–H groups in total. The molecule has 2 aromatic rings. The minimum atomic E-state index is -0.327. The van der Waals surface area contributed by atoms with Crippen LogP contribution in [0.2, 0.25) is 5.15 Å². The molecule has 1 aromatic heterocycles. The first kappa shape index (κ1) is 13.6. The molecule has 21 heavy (non-hydrogen) atoms. The van der Waals surface area contributed by atoms with Gasteiger partial charge in [0.05, 0.1) is 11.4 Å². The molecule has 0 spiro atoms. The average Bonchev–Trinajstić information content (AvgIpc) is 2.56. The maximum Gasteiger partial charge on any atom is 0.242 e. The average molecular weight is 302 g/mol. The number of aromatic nitrogens is 1. The number of nitrogens with zero attached hydrogens (tertiary/aromatic N) is 3. The lowest BCUT2D eigenvalue weighted by Gasteiger charge is -2.22. The molecule has 0 saturated carbocycles. The number of pyridine rings is 1. The largest absolute Gasteiger partial charge is 0.312 e. The molecule has 3 rings (SSSR count). The van der Waals surface area contributed by atoms with Crippen molar-refractivity contribution in [3.8, 4) is 0 Å². The molecule has 0 bridgehead atoms. The molecule has 6 heteroatoms. The van der Waals surface area contributed by atoms with Crippen LogP contribution in [0.25, 0.3) is 0 Å². The summed E-state index contributed by atoms with van der Waals surface area (Å²) in [5.74, 6) is -0.234. The fourth-order valence-corrected chi connectivity index (χ4v) is 2.41. The molecule has 1 aliphatic heterocycles. The van der Waals surface area contributed by atoms with E-state index in [0.29, 0.717) is 17.2 Å². The normalized spacial score (nSPS) is 15.0. The molecule has 2 amide bonds. The molecule has 0 aliphatic carbocycles. The van der Waals surface area contributed by atoms with E-state index in [9.17, 15) is 9.59 Å². The minimum absolute atomic E-state index is 0.209. The van der Waals surface area contributed by atoms with Gasteiger partial charge in [-0.25, -0.2) is 4.98 Å². The lowest BCUT2D eigenvalue weighted by Crippen LogP contribution is -2.28. The van der Waals surface area contributed by atoms with Crippen molar-refractivity contribution in [2.24, 2.45) is 0 Å². The quantitative estimate of drug-likeness (QED) is 0.601. The molecular formula is C15H12ClN3O2. The predicted octanol–water partition coefficient (Wildman–Crippen LogP) is 2.77. The van der Waals surface area contributed by atoms with Crippen molar-refractivity contribution >= 4 is 40.6 Å². The summed E-state index contributed by atoms with van der Waals surface area (Å²) in [7, 11) is 1.62. The number of amides is 2. The van der Waals surface area contributed by atoms with Gasteiger partial charge in [0.1, 0.15) is 11.6 Å². The molecule has 0 saturated heterocycles. The van der Waals surface area contributed by atoms with Crippen molar-refractivity contribution < 1.29 is 9.59 Å². The highest BCUT2D eigenvalue weighted by molar-refractivity contribution is 6.30. The number of rotatable bonds is 1. The Bertz CT molecular complexity index is 718. The lowest BCUT2D eigenvalue weighted by atomic mass is 10.2. The van der Waals surface area contributed by atoms with Gasteiger partial charge in [0.25, 0.3) is 0 Å². The van der Waals surface area contributed by atoms with Gasteiger partial charge in [0, 0.05) is 7.05 Å². The zero-order valence-corrected chi connectivity index (χ0v) is 12.0. The van der Waals surface area contributed by atoms with E-state index in [1.54, 1.807) is 31.3 Å². The van der Waals surface area contributed by atoms with E-state index in [-0.39, 0.29) is 23.4 Å². The number of benzene rings is 1. The van der Waals surface area contributed by atoms with Gasteiger partial charge in [-0.15, -0.1) is 0 Å². The van der Waals surface area contributed by atoms with Gasteiger partial charge in [-0.2, -0.15) is 0 Å². The minimum Gasteiger partial charge on any atom is -0.312 e. The number of anilines is 3. The van der Waals surface area contributed by atoms with Crippen LogP contribution in [0, 0.1) is 0 Å². The Labute approximate surface area is 126 Å². The van der Waals surface area contributed by atoms with Crippen molar-refractivity contribution in [2.45, 2.75) is 6.42 Å². The summed E-state index contributed by atoms with van der Waals surface area (Å²) >= 11 is 5.96. The zero-order chi connectivity index (χ0) is 15.0. The number of carbonyl (C=O) groups is 2. The van der Waals surface area contributed by atoms with Gasteiger partial charge < -0.3 is 4.90 Å². The van der Waals surface area contributed by atoms with Gasteiger partial charge in [-0.05, 0) is 24.3 Å². The first-order valence-electron chi connectivity index (χ1n) is 6.39. The summed E-state index contributed by atoms with van der Waals surface area (Å²) in [6.45, 7) is 0. The van der Waals surface area contributed by atoms with E-state index < -0.39 is 0 Å². The Kier molecular flexibility index (Phi) is 3.35. The van der Waals surface area contributed by atoms with E-state index >= 15 is 0 Å². The summed E-state index contributed by atoms with van der Waals surface area (Å²) in [5, 5.41) is 0.269. The Morgan fingerprint density at radius 2 is 1.76 bits per heavy atom. The summed E-state index contributed by atoms with van der Waals surface area (Å²) in [6, 6.07) is 12.4. The summed E-state index contributed by atoms with van der Waals surface area (Å²) in [6.07, 6.45) is -0.209. The maximum atomic E-state index is 12.4. The van der Waals surface area contributed by atoms with Crippen LogP contribution in [-0.2, 0) is 9.59 Å². The fraction of sp³-hybridized carbons (Fsp3) is 0.133. The topological polar surface area (TPSA) is 53.5 Å². The third-order valence-electron chi connectivity index (χ3n) is 3.33. The number of hydrogen-bond acceptors (Lipinski definition) is 3. The van der Waals surface area contributed by atoms with Crippen molar-refractivity contribution in [2.75, 3.05) is 16.8 Å². The van der Waals surface area contributed by atoms with Crippen LogP contribution in [0.15, 0.2) is 42.5 Å². The standard InChI is InChI=1S/C15H12ClN3O2/c1-18-11-7-8-12(16)17-15(11)19(14(21)9-13(18)20)10-5-3-2-4-6-10/h2-8H,9H2,1H3. The molecule has 0 fully saturated rings. The Hall–Kier alpha value is -2.40. The molecule has 106 valence electrons. The van der Waals surface area contributed by atoms with E-state index in [1.807, 2.05) is 18.2 Å². The number of carbonyl (C=O) groups excluding carboxylic acids is 2. The second kappa shape index (κ2) is 5.18. The highest BCUT2D eigenvalue weighted by Gasteiger charge is 2.31. The van der Waals surface area contributed by atoms with Crippen molar-refractivity contribution in [1.82, 2.24) is 4.98 Å². The van der Waals surface area contributed by atoms with E-state index in [4.69, 9.17) is 11.6 Å². The van der Waals surface area contributed by atoms with Crippen molar-refractivity contribution in [3.63, 3.8) is 0 Å². The van der Waals surface area contributed by atoms with Gasteiger partial charge in [0.15, 0.2) is 5.82 Å². The molecule has 1 aliphatic rings. The van der Waals surface area contributed by atoms with E-state index in [1.165, 1.54) is 9.80 Å². The van der Waals surface area contributed by atoms with E-state index in [2.05, 4.69) is 4.98 Å². The Balaban J connectivity index is 2.24. The van der Waals surface area contributed by atoms with Gasteiger partial charge >= 0.3 is 0 Å². The third-order valence-corrected chi connectivity index (χ3v) is 3.54. The first-order chi connectivity index (χ1) is 10.1. The smallest absolute Gasteiger partial charge is 0.242 e. The van der Waals surface area contributed by atoms with Gasteiger partial charge in [0.2, 0.25) is 11.8 Å². The maximum absolute atomic E-state index is 12.4. The van der Waals surface area contributed by atoms with Crippen LogP contribution in [0.1, 0.15) is 6.42 Å². The SMILES string of the molecule is CN1C(=O)CC(=O)N(c2ccccc2)c2nc(Cl)ccc21. The van der Waals surface area contributed by atoms with Crippen molar-refractivity contribution in [3.05, 3.63) is 47.6 Å². The Morgan fingerprint density at radius 1 is 1.05 bits per heavy atom. The number of halogens is 1. The van der Waals surface area contributed by atoms with Gasteiger partial charge in [-0.3, -0.25) is 14.5 Å².